The van der Waals surface area contributed by atoms with Gasteiger partial charge in [0.2, 0.25) is 0 Å². The highest BCUT2D eigenvalue weighted by molar-refractivity contribution is 5.25. The number of aliphatic hydroxyl groups excluding tert-OH is 1. The van der Waals surface area contributed by atoms with Crippen LogP contribution < -0.4 is 0 Å². The minimum atomic E-state index is 0.344. The maximum atomic E-state index is 9.01. The largest absolute Gasteiger partial charge is 0.396 e. The van der Waals surface area contributed by atoms with Crippen molar-refractivity contribution in [3.8, 4) is 0 Å². The predicted molar refractivity (Wildman–Crippen MR) is 77.2 cm³/mol. The molecule has 0 heterocycles. The second-order valence-electron chi connectivity index (χ2n) is 6.49. The molecule has 0 saturated heterocycles. The van der Waals surface area contributed by atoms with Gasteiger partial charge in [-0.05, 0) is 62.2 Å². The molecule has 0 unspecified atom stereocenters. The van der Waals surface area contributed by atoms with Crippen LogP contribution in [0.3, 0.4) is 0 Å². The average molecular weight is 248 g/mol. The molecule has 18 heavy (non-hydrogen) atoms. The lowest BCUT2D eigenvalue weighted by molar-refractivity contribution is 0.113. The summed E-state index contributed by atoms with van der Waals surface area (Å²) in [5, 5.41) is 9.01. The van der Waals surface area contributed by atoms with Gasteiger partial charge in [-0.3, -0.25) is 0 Å². The molecular weight excluding hydrogens is 220 g/mol. The number of fused-ring (bicyclic) bond motifs is 1. The van der Waals surface area contributed by atoms with Crippen molar-refractivity contribution in [2.45, 2.75) is 46.5 Å². The zero-order valence-electron chi connectivity index (χ0n) is 12.1. The van der Waals surface area contributed by atoms with Gasteiger partial charge in [-0.15, -0.1) is 0 Å². The van der Waals surface area contributed by atoms with Crippen molar-refractivity contribution in [1.29, 1.82) is 0 Å². The molecule has 0 aromatic rings. The molecular formula is C17H28O. The van der Waals surface area contributed by atoms with Crippen LogP contribution >= 0.6 is 0 Å². The van der Waals surface area contributed by atoms with E-state index in [1.54, 1.807) is 0 Å². The van der Waals surface area contributed by atoms with Gasteiger partial charge >= 0.3 is 0 Å². The number of allylic oxidation sites excluding steroid dienone is 4. The van der Waals surface area contributed by atoms with E-state index in [2.05, 4.69) is 39.0 Å². The van der Waals surface area contributed by atoms with Crippen LogP contribution in [0, 0.1) is 29.6 Å². The third-order valence-corrected chi connectivity index (χ3v) is 5.14. The fraction of sp³-hybridized carbons (Fsp3) is 0.765. The number of rotatable bonds is 4. The van der Waals surface area contributed by atoms with Crippen molar-refractivity contribution in [2.24, 2.45) is 29.6 Å². The summed E-state index contributed by atoms with van der Waals surface area (Å²) in [4.78, 5) is 0. The standard InChI is InChI=1S/C17H28O/c1-12-6-8-15-14(3)7-9-16(17(15)11-12)13(2)5-4-10-18/h6,8,11,13-18H,4-5,7,9-10H2,1-3H3/t13-,14+,15-,16-,17-/m0/s1. The first-order chi connectivity index (χ1) is 8.63. The van der Waals surface area contributed by atoms with Gasteiger partial charge in [0.25, 0.3) is 0 Å². The highest BCUT2D eigenvalue weighted by Gasteiger charge is 2.37. The zero-order chi connectivity index (χ0) is 13.1. The molecule has 0 aromatic carbocycles. The SMILES string of the molecule is CC1=C[C@H]2[C@@H](C=C1)[C@H](C)CC[C@H]2[C@@H](C)CCCO. The van der Waals surface area contributed by atoms with Crippen LogP contribution in [-0.2, 0) is 0 Å². The molecule has 2 rings (SSSR count). The van der Waals surface area contributed by atoms with Crippen molar-refractivity contribution >= 4 is 0 Å². The van der Waals surface area contributed by atoms with Gasteiger partial charge in [0.05, 0.1) is 0 Å². The summed E-state index contributed by atoms with van der Waals surface area (Å²) in [5.41, 5.74) is 1.43. The van der Waals surface area contributed by atoms with E-state index in [4.69, 9.17) is 5.11 Å². The lowest BCUT2D eigenvalue weighted by atomic mass is 9.61. The molecule has 1 N–H and O–H groups in total. The Kier molecular flexibility index (Phi) is 4.66. The molecule has 2 aliphatic rings. The molecule has 1 nitrogen and oxygen atoms in total. The smallest absolute Gasteiger partial charge is 0.0431 e. The van der Waals surface area contributed by atoms with E-state index in [1.165, 1.54) is 24.8 Å². The Bertz CT molecular complexity index is 329. The van der Waals surface area contributed by atoms with Crippen LogP contribution in [-0.4, -0.2) is 11.7 Å². The first-order valence-corrected chi connectivity index (χ1v) is 7.61. The molecule has 1 fully saturated rings. The molecule has 0 spiro atoms. The Morgan fingerprint density at radius 2 is 2.11 bits per heavy atom. The minimum Gasteiger partial charge on any atom is -0.396 e. The molecule has 2 aliphatic carbocycles. The summed E-state index contributed by atoms with van der Waals surface area (Å²) in [6.45, 7) is 7.36. The van der Waals surface area contributed by atoms with Gasteiger partial charge in [0.15, 0.2) is 0 Å². The van der Waals surface area contributed by atoms with Crippen molar-refractivity contribution in [3.63, 3.8) is 0 Å². The molecule has 0 bridgehead atoms. The van der Waals surface area contributed by atoms with E-state index in [9.17, 15) is 0 Å². The maximum absolute atomic E-state index is 9.01. The Labute approximate surface area is 112 Å². The number of aliphatic hydroxyl groups is 1. The van der Waals surface area contributed by atoms with E-state index in [1.807, 2.05) is 0 Å². The maximum Gasteiger partial charge on any atom is 0.0431 e. The van der Waals surface area contributed by atoms with Crippen LogP contribution in [0.15, 0.2) is 23.8 Å². The topological polar surface area (TPSA) is 20.2 Å². The summed E-state index contributed by atoms with van der Waals surface area (Å²) >= 11 is 0. The first-order valence-electron chi connectivity index (χ1n) is 7.61. The van der Waals surface area contributed by atoms with Gasteiger partial charge in [0, 0.05) is 6.61 Å². The summed E-state index contributed by atoms with van der Waals surface area (Å²) in [6, 6.07) is 0. The zero-order valence-corrected chi connectivity index (χ0v) is 12.1. The predicted octanol–water partition coefficient (Wildman–Crippen LogP) is 4.19. The molecule has 1 heteroatoms. The molecule has 0 aromatic heterocycles. The van der Waals surface area contributed by atoms with E-state index in [-0.39, 0.29) is 0 Å². The highest BCUT2D eigenvalue weighted by Crippen LogP contribution is 2.46. The average Bonchev–Trinajstić information content (AvgIpc) is 2.36. The first kappa shape index (κ1) is 13.9. The Balaban J connectivity index is 2.09. The van der Waals surface area contributed by atoms with Gasteiger partial charge < -0.3 is 5.11 Å². The second kappa shape index (κ2) is 6.06. The van der Waals surface area contributed by atoms with Crippen molar-refractivity contribution in [3.05, 3.63) is 23.8 Å². The monoisotopic (exact) mass is 248 g/mol. The van der Waals surface area contributed by atoms with E-state index in [0.29, 0.717) is 6.61 Å². The van der Waals surface area contributed by atoms with Crippen LogP contribution in [0.2, 0.25) is 0 Å². The second-order valence-corrected chi connectivity index (χ2v) is 6.49. The molecule has 5 atom stereocenters. The third-order valence-electron chi connectivity index (χ3n) is 5.14. The lowest BCUT2D eigenvalue weighted by Gasteiger charge is -2.44. The minimum absolute atomic E-state index is 0.344. The Morgan fingerprint density at radius 3 is 2.83 bits per heavy atom. The fourth-order valence-electron chi connectivity index (χ4n) is 3.97. The van der Waals surface area contributed by atoms with E-state index >= 15 is 0 Å². The van der Waals surface area contributed by atoms with Gasteiger partial charge in [-0.1, -0.05) is 37.6 Å². The molecule has 0 amide bonds. The Morgan fingerprint density at radius 1 is 1.33 bits per heavy atom. The van der Waals surface area contributed by atoms with Crippen LogP contribution in [0.25, 0.3) is 0 Å². The molecule has 1 saturated carbocycles. The summed E-state index contributed by atoms with van der Waals surface area (Å²) in [5.74, 6) is 3.89. The lowest BCUT2D eigenvalue weighted by Crippen LogP contribution is -2.36. The third kappa shape index (κ3) is 2.88. The fourth-order valence-corrected chi connectivity index (χ4v) is 3.97. The van der Waals surface area contributed by atoms with Crippen molar-refractivity contribution < 1.29 is 5.11 Å². The summed E-state index contributed by atoms with van der Waals surface area (Å²) in [7, 11) is 0. The van der Waals surface area contributed by atoms with E-state index in [0.717, 1.165) is 36.0 Å². The van der Waals surface area contributed by atoms with Crippen LogP contribution in [0.5, 0.6) is 0 Å². The molecule has 0 aliphatic heterocycles. The number of hydrogen-bond donors (Lipinski definition) is 1. The highest BCUT2D eigenvalue weighted by atomic mass is 16.2. The quantitative estimate of drug-likeness (QED) is 0.791. The summed E-state index contributed by atoms with van der Waals surface area (Å²) < 4.78 is 0. The van der Waals surface area contributed by atoms with Crippen LogP contribution in [0.1, 0.15) is 46.5 Å². The van der Waals surface area contributed by atoms with Crippen LogP contribution in [0.4, 0.5) is 0 Å². The van der Waals surface area contributed by atoms with Gasteiger partial charge in [-0.25, -0.2) is 0 Å². The van der Waals surface area contributed by atoms with E-state index < -0.39 is 0 Å². The summed E-state index contributed by atoms with van der Waals surface area (Å²) in [6.07, 6.45) is 12.1. The van der Waals surface area contributed by atoms with Crippen molar-refractivity contribution in [2.75, 3.05) is 6.61 Å². The van der Waals surface area contributed by atoms with Gasteiger partial charge in [-0.2, -0.15) is 0 Å². The molecule has 0 radical (unpaired) electrons. The molecule has 102 valence electrons. The normalized spacial score (nSPS) is 37.0. The number of hydrogen-bond acceptors (Lipinski definition) is 1. The van der Waals surface area contributed by atoms with Crippen molar-refractivity contribution in [1.82, 2.24) is 0 Å². The Hall–Kier alpha value is -0.560. The van der Waals surface area contributed by atoms with Gasteiger partial charge in [0.1, 0.15) is 0 Å².